The Morgan fingerprint density at radius 2 is 1.77 bits per heavy atom. The van der Waals surface area contributed by atoms with Gasteiger partial charge in [-0.1, -0.05) is 39.8 Å². The van der Waals surface area contributed by atoms with Crippen LogP contribution in [-0.4, -0.2) is 46.7 Å². The van der Waals surface area contributed by atoms with Gasteiger partial charge in [0.1, 0.15) is 17.5 Å². The second kappa shape index (κ2) is 8.53. The van der Waals surface area contributed by atoms with Crippen LogP contribution in [-0.2, 0) is 15.1 Å². The lowest BCUT2D eigenvalue weighted by Gasteiger charge is -2.51. The number of ether oxygens (including phenoxy) is 1. The van der Waals surface area contributed by atoms with E-state index >= 15 is 0 Å². The van der Waals surface area contributed by atoms with Crippen molar-refractivity contribution in [2.24, 2.45) is 11.3 Å². The van der Waals surface area contributed by atoms with E-state index in [2.05, 4.69) is 5.32 Å². The molecule has 1 aromatic carbocycles. The van der Waals surface area contributed by atoms with E-state index in [9.17, 15) is 19.1 Å². The number of nitrogens with one attached hydrogen (secondary N) is 1. The predicted molar refractivity (Wildman–Crippen MR) is 113 cm³/mol. The Morgan fingerprint density at radius 1 is 1.20 bits per heavy atom. The summed E-state index contributed by atoms with van der Waals surface area (Å²) in [5, 5.41) is 14.1. The summed E-state index contributed by atoms with van der Waals surface area (Å²) >= 11 is 0. The fourth-order valence-corrected chi connectivity index (χ4v) is 3.92. The number of halogens is 1. The highest BCUT2D eigenvalue weighted by Crippen LogP contribution is 2.46. The first kappa shape index (κ1) is 24.1. The number of aliphatic hydroxyl groups is 1. The number of hydrogen-bond donors (Lipinski definition) is 2. The monoisotopic (exact) mass is 422 g/mol. The molecule has 30 heavy (non-hydrogen) atoms. The molecule has 1 aromatic rings. The van der Waals surface area contributed by atoms with E-state index in [0.717, 1.165) is 0 Å². The van der Waals surface area contributed by atoms with Crippen LogP contribution >= 0.6 is 0 Å². The zero-order chi connectivity index (χ0) is 22.9. The Morgan fingerprint density at radius 3 is 2.23 bits per heavy atom. The predicted octanol–water partition coefficient (Wildman–Crippen LogP) is 3.82. The topological polar surface area (TPSA) is 78.9 Å². The van der Waals surface area contributed by atoms with E-state index in [1.807, 2.05) is 27.7 Å². The highest BCUT2D eigenvalue weighted by molar-refractivity contribution is 5.86. The minimum Gasteiger partial charge on any atom is -0.444 e. The number of carbonyl (C=O) groups excluding carboxylic acids is 2. The number of amides is 2. The number of nitrogens with zero attached hydrogens (tertiary/aromatic N) is 1. The molecule has 2 amide bonds. The SMILES string of the molecule is CC(C)[C@@H](NC(=O)OC(C)(C)C)C(=O)N1CC[C@@](O)(c2ccc(F)cc2)C(C)(C)C1. The maximum atomic E-state index is 13.3. The summed E-state index contributed by atoms with van der Waals surface area (Å²) in [5.74, 6) is -0.697. The third-order valence-electron chi connectivity index (χ3n) is 5.69. The van der Waals surface area contributed by atoms with Crippen LogP contribution in [0.15, 0.2) is 24.3 Å². The Bertz CT molecular complexity index is 770. The van der Waals surface area contributed by atoms with Crippen molar-refractivity contribution in [2.75, 3.05) is 13.1 Å². The smallest absolute Gasteiger partial charge is 0.408 e. The molecule has 168 valence electrons. The molecule has 0 saturated carbocycles. The van der Waals surface area contributed by atoms with Crippen molar-refractivity contribution in [3.63, 3.8) is 0 Å². The quantitative estimate of drug-likeness (QED) is 0.773. The molecule has 2 atom stereocenters. The van der Waals surface area contributed by atoms with E-state index < -0.39 is 28.8 Å². The van der Waals surface area contributed by atoms with Crippen LogP contribution in [0.2, 0.25) is 0 Å². The highest BCUT2D eigenvalue weighted by Gasteiger charge is 2.50. The summed E-state index contributed by atoms with van der Waals surface area (Å²) in [7, 11) is 0. The summed E-state index contributed by atoms with van der Waals surface area (Å²) in [6, 6.07) is 5.12. The number of likely N-dealkylation sites (tertiary alicyclic amines) is 1. The molecule has 7 heteroatoms. The minimum absolute atomic E-state index is 0.133. The van der Waals surface area contributed by atoms with E-state index in [4.69, 9.17) is 4.74 Å². The number of rotatable bonds is 4. The molecule has 6 nitrogen and oxygen atoms in total. The number of hydrogen-bond acceptors (Lipinski definition) is 4. The molecule has 1 fully saturated rings. The molecule has 0 aromatic heterocycles. The first-order chi connectivity index (χ1) is 13.7. The summed E-state index contributed by atoms with van der Waals surface area (Å²) in [6.07, 6.45) is -0.317. The van der Waals surface area contributed by atoms with Crippen LogP contribution in [0.1, 0.15) is 60.5 Å². The Balaban J connectivity index is 2.17. The van der Waals surface area contributed by atoms with Crippen LogP contribution in [0.4, 0.5) is 9.18 Å². The van der Waals surface area contributed by atoms with Crippen molar-refractivity contribution in [1.29, 1.82) is 0 Å². The van der Waals surface area contributed by atoms with Crippen molar-refractivity contribution in [3.05, 3.63) is 35.6 Å². The van der Waals surface area contributed by atoms with Gasteiger partial charge in [0, 0.05) is 18.5 Å². The van der Waals surface area contributed by atoms with E-state index in [0.29, 0.717) is 25.1 Å². The molecule has 1 aliphatic heterocycles. The van der Waals surface area contributed by atoms with Crippen molar-refractivity contribution < 1.29 is 23.8 Å². The average Bonchev–Trinajstić information content (AvgIpc) is 2.60. The molecule has 0 aliphatic carbocycles. The summed E-state index contributed by atoms with van der Waals surface area (Å²) in [6.45, 7) is 13.4. The third-order valence-corrected chi connectivity index (χ3v) is 5.69. The molecular weight excluding hydrogens is 387 g/mol. The van der Waals surface area contributed by atoms with Gasteiger partial charge in [0.25, 0.3) is 0 Å². The number of alkyl carbamates (subject to hydrolysis) is 1. The standard InChI is InChI=1S/C23H35FN2O4/c1-15(2)18(25-20(28)30-21(3,4)5)19(27)26-13-12-23(29,22(6,7)14-26)16-8-10-17(24)11-9-16/h8-11,15,18,29H,12-14H2,1-7H3,(H,25,28)/t18-,23-/m1/s1. The van der Waals surface area contributed by atoms with Crippen molar-refractivity contribution in [1.82, 2.24) is 10.2 Å². The highest BCUT2D eigenvalue weighted by atomic mass is 19.1. The molecular formula is C23H35FN2O4. The zero-order valence-corrected chi connectivity index (χ0v) is 19.1. The molecule has 2 rings (SSSR count). The fraction of sp³-hybridized carbons (Fsp3) is 0.652. The van der Waals surface area contributed by atoms with Gasteiger partial charge >= 0.3 is 6.09 Å². The molecule has 2 N–H and O–H groups in total. The zero-order valence-electron chi connectivity index (χ0n) is 19.1. The van der Waals surface area contributed by atoms with Gasteiger partial charge in [0.2, 0.25) is 5.91 Å². The maximum absolute atomic E-state index is 13.3. The summed E-state index contributed by atoms with van der Waals surface area (Å²) in [4.78, 5) is 27.2. The molecule has 0 spiro atoms. The molecule has 0 unspecified atom stereocenters. The molecule has 1 saturated heterocycles. The van der Waals surface area contributed by atoms with Crippen LogP contribution in [0.25, 0.3) is 0 Å². The molecule has 0 radical (unpaired) electrons. The lowest BCUT2D eigenvalue weighted by atomic mass is 9.66. The number of piperidine rings is 1. The lowest BCUT2D eigenvalue weighted by molar-refractivity contribution is -0.155. The van der Waals surface area contributed by atoms with Crippen LogP contribution < -0.4 is 5.32 Å². The Kier molecular flexibility index (Phi) is 6.86. The summed E-state index contributed by atoms with van der Waals surface area (Å²) < 4.78 is 18.6. The molecule has 1 aliphatic rings. The fourth-order valence-electron chi connectivity index (χ4n) is 3.92. The number of carbonyl (C=O) groups is 2. The number of benzene rings is 1. The second-order valence-electron chi connectivity index (χ2n) is 10.1. The van der Waals surface area contributed by atoms with Gasteiger partial charge in [0.15, 0.2) is 0 Å². The van der Waals surface area contributed by atoms with Crippen molar-refractivity contribution in [3.8, 4) is 0 Å². The first-order valence-electron chi connectivity index (χ1n) is 10.4. The van der Waals surface area contributed by atoms with Crippen LogP contribution in [0.3, 0.4) is 0 Å². The van der Waals surface area contributed by atoms with Crippen molar-refractivity contribution in [2.45, 2.75) is 72.1 Å². The van der Waals surface area contributed by atoms with Crippen LogP contribution in [0.5, 0.6) is 0 Å². The van der Waals surface area contributed by atoms with Crippen LogP contribution in [0, 0.1) is 17.2 Å². The van der Waals surface area contributed by atoms with Crippen molar-refractivity contribution >= 4 is 12.0 Å². The maximum Gasteiger partial charge on any atom is 0.408 e. The Hall–Kier alpha value is -2.15. The van der Waals surface area contributed by atoms with E-state index in [-0.39, 0.29) is 17.6 Å². The molecule has 1 heterocycles. The van der Waals surface area contributed by atoms with Gasteiger partial charge < -0.3 is 20.1 Å². The summed E-state index contributed by atoms with van der Waals surface area (Å²) in [5.41, 5.74) is -1.89. The van der Waals surface area contributed by atoms with Gasteiger partial charge in [-0.2, -0.15) is 0 Å². The Labute approximate surface area is 178 Å². The normalized spacial score (nSPS) is 22.5. The average molecular weight is 423 g/mol. The first-order valence-corrected chi connectivity index (χ1v) is 10.4. The lowest BCUT2D eigenvalue weighted by Crippen LogP contribution is -2.60. The van der Waals surface area contributed by atoms with E-state index in [1.54, 1.807) is 37.8 Å². The minimum atomic E-state index is -1.19. The van der Waals surface area contributed by atoms with E-state index in [1.165, 1.54) is 12.1 Å². The molecule has 0 bridgehead atoms. The van der Waals surface area contributed by atoms with Gasteiger partial charge in [-0.25, -0.2) is 9.18 Å². The van der Waals surface area contributed by atoms with Gasteiger partial charge in [-0.3, -0.25) is 4.79 Å². The third kappa shape index (κ3) is 5.31. The largest absolute Gasteiger partial charge is 0.444 e. The van der Waals surface area contributed by atoms with Gasteiger partial charge in [-0.05, 0) is 50.8 Å². The van der Waals surface area contributed by atoms with Gasteiger partial charge in [0.05, 0.1) is 5.60 Å². The van der Waals surface area contributed by atoms with Gasteiger partial charge in [-0.15, -0.1) is 0 Å². The second-order valence-corrected chi connectivity index (χ2v) is 10.1.